The maximum atomic E-state index is 12.4. The maximum absolute atomic E-state index is 12.4. The quantitative estimate of drug-likeness (QED) is 0.394. The van der Waals surface area contributed by atoms with Crippen LogP contribution in [0.25, 0.3) is 27.8 Å². The Labute approximate surface area is 180 Å². The summed E-state index contributed by atoms with van der Waals surface area (Å²) < 4.78 is 47.8. The number of fused-ring (bicyclic) bond motifs is 3. The largest absolute Gasteiger partial charge is 0.573 e. The SMILES string of the molecule is O=c1[nH]c(CSc2nnnn2-c2ccc(OC(F)(F)F)cc2)nc2c1oc1ccccc12. The average molecular weight is 460 g/mol. The van der Waals surface area contributed by atoms with E-state index in [1.165, 1.54) is 28.6 Å². The van der Waals surface area contributed by atoms with Crippen molar-refractivity contribution in [1.29, 1.82) is 0 Å². The van der Waals surface area contributed by atoms with Gasteiger partial charge in [-0.25, -0.2) is 4.98 Å². The molecule has 13 heteroatoms. The Hall–Kier alpha value is -3.87. The number of rotatable bonds is 5. The lowest BCUT2D eigenvalue weighted by Crippen LogP contribution is -2.17. The second-order valence-electron chi connectivity index (χ2n) is 6.49. The van der Waals surface area contributed by atoms with Crippen LogP contribution in [-0.4, -0.2) is 36.5 Å². The van der Waals surface area contributed by atoms with E-state index in [2.05, 4.69) is 30.2 Å². The first-order chi connectivity index (χ1) is 15.4. The molecule has 32 heavy (non-hydrogen) atoms. The number of hydrogen-bond acceptors (Lipinski definition) is 8. The predicted molar refractivity (Wildman–Crippen MR) is 108 cm³/mol. The van der Waals surface area contributed by atoms with Crippen LogP contribution in [-0.2, 0) is 5.75 Å². The molecule has 0 atom stereocenters. The van der Waals surface area contributed by atoms with Crippen molar-refractivity contribution in [2.45, 2.75) is 17.3 Å². The summed E-state index contributed by atoms with van der Waals surface area (Å²) in [4.78, 5) is 19.6. The van der Waals surface area contributed by atoms with Crippen LogP contribution < -0.4 is 10.3 Å². The van der Waals surface area contributed by atoms with E-state index in [0.29, 0.717) is 27.8 Å². The molecule has 0 unspecified atom stereocenters. The molecule has 162 valence electrons. The third-order valence-corrected chi connectivity index (χ3v) is 5.30. The number of alkyl halides is 3. The fraction of sp³-hybridized carbons (Fsp3) is 0.105. The highest BCUT2D eigenvalue weighted by Gasteiger charge is 2.31. The monoisotopic (exact) mass is 460 g/mol. The van der Waals surface area contributed by atoms with Crippen molar-refractivity contribution in [3.63, 3.8) is 0 Å². The van der Waals surface area contributed by atoms with E-state index in [0.717, 1.165) is 17.5 Å². The Morgan fingerprint density at radius 3 is 2.69 bits per heavy atom. The molecule has 0 aliphatic carbocycles. The van der Waals surface area contributed by atoms with Gasteiger partial charge in [0.25, 0.3) is 5.56 Å². The van der Waals surface area contributed by atoms with E-state index in [-0.39, 0.29) is 17.1 Å². The lowest BCUT2D eigenvalue weighted by molar-refractivity contribution is -0.274. The molecule has 3 heterocycles. The van der Waals surface area contributed by atoms with Gasteiger partial charge in [0.15, 0.2) is 0 Å². The fourth-order valence-corrected chi connectivity index (χ4v) is 3.83. The van der Waals surface area contributed by atoms with Crippen LogP contribution in [0.4, 0.5) is 13.2 Å². The highest BCUT2D eigenvalue weighted by Crippen LogP contribution is 2.27. The normalized spacial score (nSPS) is 12.0. The van der Waals surface area contributed by atoms with Crippen LogP contribution in [0.1, 0.15) is 5.82 Å². The number of tetrazole rings is 1. The Bertz CT molecular complexity index is 1480. The summed E-state index contributed by atoms with van der Waals surface area (Å²) in [6.07, 6.45) is -4.78. The third-order valence-electron chi connectivity index (χ3n) is 4.37. The first-order valence-electron chi connectivity index (χ1n) is 9.05. The van der Waals surface area contributed by atoms with Crippen LogP contribution >= 0.6 is 11.8 Å². The van der Waals surface area contributed by atoms with Gasteiger partial charge in [-0.1, -0.05) is 23.9 Å². The van der Waals surface area contributed by atoms with E-state index in [1.807, 2.05) is 12.1 Å². The summed E-state index contributed by atoms with van der Waals surface area (Å²) in [6, 6.07) is 12.3. The number of para-hydroxylation sites is 1. The van der Waals surface area contributed by atoms with Gasteiger partial charge in [0.2, 0.25) is 10.7 Å². The van der Waals surface area contributed by atoms with Crippen molar-refractivity contribution in [3.05, 3.63) is 64.7 Å². The van der Waals surface area contributed by atoms with Gasteiger partial charge < -0.3 is 14.1 Å². The molecular formula is C19H11F3N6O3S. The van der Waals surface area contributed by atoms with Gasteiger partial charge in [-0.2, -0.15) is 4.68 Å². The molecule has 1 N–H and O–H groups in total. The molecule has 5 rings (SSSR count). The first kappa shape index (κ1) is 20.1. The second-order valence-corrected chi connectivity index (χ2v) is 7.43. The van der Waals surface area contributed by atoms with Gasteiger partial charge in [-0.05, 0) is 46.8 Å². The predicted octanol–water partition coefficient (Wildman–Crippen LogP) is 3.84. The number of aromatic nitrogens is 6. The molecule has 2 aromatic carbocycles. The van der Waals surface area contributed by atoms with Crippen molar-refractivity contribution in [3.8, 4) is 11.4 Å². The molecule has 0 saturated heterocycles. The Morgan fingerprint density at radius 1 is 1.12 bits per heavy atom. The summed E-state index contributed by atoms with van der Waals surface area (Å²) >= 11 is 1.19. The molecule has 0 spiro atoms. The number of thioether (sulfide) groups is 1. The molecule has 3 aromatic heterocycles. The molecular weight excluding hydrogens is 449 g/mol. The van der Waals surface area contributed by atoms with E-state index in [9.17, 15) is 18.0 Å². The molecule has 0 aliphatic heterocycles. The molecule has 0 radical (unpaired) electrons. The van der Waals surface area contributed by atoms with Crippen LogP contribution in [0.3, 0.4) is 0 Å². The minimum Gasteiger partial charge on any atom is -0.449 e. The summed E-state index contributed by atoms with van der Waals surface area (Å²) in [5, 5.41) is 12.5. The van der Waals surface area contributed by atoms with Crippen LogP contribution in [0.2, 0.25) is 0 Å². The number of halogens is 3. The molecule has 9 nitrogen and oxygen atoms in total. The molecule has 0 fully saturated rings. The zero-order valence-corrected chi connectivity index (χ0v) is 16.6. The van der Waals surface area contributed by atoms with Crippen LogP contribution in [0.5, 0.6) is 5.75 Å². The molecule has 5 aromatic rings. The third kappa shape index (κ3) is 3.89. The zero-order chi connectivity index (χ0) is 22.3. The number of nitrogens with one attached hydrogen (secondary N) is 1. The van der Waals surface area contributed by atoms with Gasteiger partial charge in [0.05, 0.1) is 11.4 Å². The highest BCUT2D eigenvalue weighted by atomic mass is 32.2. The minimum absolute atomic E-state index is 0.144. The maximum Gasteiger partial charge on any atom is 0.573 e. The number of H-pyrrole nitrogens is 1. The summed E-state index contributed by atoms with van der Waals surface area (Å²) in [5.74, 6) is 0.272. The van der Waals surface area contributed by atoms with E-state index < -0.39 is 11.9 Å². The topological polar surface area (TPSA) is 112 Å². The Balaban J connectivity index is 1.39. The average Bonchev–Trinajstić information content (AvgIpc) is 3.37. The van der Waals surface area contributed by atoms with E-state index in [1.54, 1.807) is 12.1 Å². The minimum atomic E-state index is -4.78. The number of ether oxygens (including phenoxy) is 1. The van der Waals surface area contributed by atoms with E-state index >= 15 is 0 Å². The van der Waals surface area contributed by atoms with Gasteiger partial charge >= 0.3 is 6.36 Å². The smallest absolute Gasteiger partial charge is 0.449 e. The summed E-state index contributed by atoms with van der Waals surface area (Å²) in [5.41, 5.74) is 1.20. The lowest BCUT2D eigenvalue weighted by Gasteiger charge is -2.09. The van der Waals surface area contributed by atoms with Crippen molar-refractivity contribution >= 4 is 33.8 Å². The zero-order valence-electron chi connectivity index (χ0n) is 15.8. The second kappa shape index (κ2) is 7.67. The van der Waals surface area contributed by atoms with E-state index in [4.69, 9.17) is 4.42 Å². The van der Waals surface area contributed by atoms with Crippen molar-refractivity contribution in [2.24, 2.45) is 0 Å². The molecule has 0 bridgehead atoms. The number of aromatic amines is 1. The standard InChI is InChI=1S/C19H11F3N6O3S/c20-19(21,22)31-11-7-5-10(6-8-11)28-18(25-26-27-28)32-9-14-23-15-12-3-1-2-4-13(12)30-16(15)17(29)24-14/h1-8H,9H2,(H,23,24,29). The van der Waals surface area contributed by atoms with Crippen molar-refractivity contribution in [2.75, 3.05) is 0 Å². The summed E-state index contributed by atoms with van der Waals surface area (Å²) in [6.45, 7) is 0. The summed E-state index contributed by atoms with van der Waals surface area (Å²) in [7, 11) is 0. The Morgan fingerprint density at radius 2 is 1.91 bits per heavy atom. The lowest BCUT2D eigenvalue weighted by atomic mass is 10.2. The first-order valence-corrected chi connectivity index (χ1v) is 10.0. The van der Waals surface area contributed by atoms with Gasteiger partial charge in [0, 0.05) is 5.39 Å². The van der Waals surface area contributed by atoms with Crippen molar-refractivity contribution < 1.29 is 22.3 Å². The van der Waals surface area contributed by atoms with Crippen LogP contribution in [0.15, 0.2) is 62.9 Å². The number of furan rings is 1. The molecule has 0 aliphatic rings. The highest BCUT2D eigenvalue weighted by molar-refractivity contribution is 7.98. The number of nitrogens with zero attached hydrogens (tertiary/aromatic N) is 5. The number of hydrogen-bond donors (Lipinski definition) is 1. The van der Waals surface area contributed by atoms with Gasteiger partial charge in [-0.3, -0.25) is 4.79 Å². The fourth-order valence-electron chi connectivity index (χ4n) is 3.07. The number of benzene rings is 2. The van der Waals surface area contributed by atoms with Crippen molar-refractivity contribution in [1.82, 2.24) is 30.2 Å². The molecule has 0 saturated carbocycles. The van der Waals surface area contributed by atoms with Gasteiger partial charge in [-0.15, -0.1) is 18.3 Å². The molecule has 0 amide bonds. The van der Waals surface area contributed by atoms with Gasteiger partial charge in [0.1, 0.15) is 22.7 Å². The Kier molecular flexibility index (Phi) is 4.81. The van der Waals surface area contributed by atoms with Crippen LogP contribution in [0, 0.1) is 0 Å².